The van der Waals surface area contributed by atoms with E-state index in [1.54, 1.807) is 24.0 Å². The van der Waals surface area contributed by atoms with Crippen LogP contribution in [-0.2, 0) is 19.1 Å². The fraction of sp³-hybridized carbons (Fsp3) is 0.522. The Balaban J connectivity index is 1.69. The van der Waals surface area contributed by atoms with Crippen molar-refractivity contribution >= 4 is 29.3 Å². The van der Waals surface area contributed by atoms with Gasteiger partial charge in [0.15, 0.2) is 5.92 Å². The number of carbonyl (C=O) groups excluding carboxylic acids is 3. The van der Waals surface area contributed by atoms with Crippen LogP contribution in [0.2, 0.25) is 0 Å². The maximum absolute atomic E-state index is 15.0. The quantitative estimate of drug-likeness (QED) is 0.597. The van der Waals surface area contributed by atoms with Crippen LogP contribution in [0, 0.1) is 39.8 Å². The van der Waals surface area contributed by atoms with E-state index in [1.165, 1.54) is 17.9 Å². The van der Waals surface area contributed by atoms with Crippen LogP contribution in [0.5, 0.6) is 0 Å². The summed E-state index contributed by atoms with van der Waals surface area (Å²) in [5.74, 6) is -2.72. The van der Waals surface area contributed by atoms with Gasteiger partial charge in [0.2, 0.25) is 5.91 Å². The first kappa shape index (κ1) is 24.8. The first-order valence-corrected chi connectivity index (χ1v) is 11.0. The van der Waals surface area contributed by atoms with Crippen LogP contribution < -0.4 is 15.1 Å². The molecule has 2 aliphatic rings. The molecule has 34 heavy (non-hydrogen) atoms. The minimum atomic E-state index is -1.21. The van der Waals surface area contributed by atoms with Gasteiger partial charge in [-0.25, -0.2) is 9.18 Å². The summed E-state index contributed by atoms with van der Waals surface area (Å²) in [6, 6.07) is 8.44. The molecular formula is C23H26FN5O5. The lowest BCUT2D eigenvalue weighted by Crippen LogP contribution is -2.46. The Hall–Kier alpha value is -3.86. The maximum Gasteiger partial charge on any atom is 0.414 e. The van der Waals surface area contributed by atoms with Gasteiger partial charge in [-0.15, -0.1) is 0 Å². The molecule has 0 bridgehead atoms. The molecule has 2 fully saturated rings. The summed E-state index contributed by atoms with van der Waals surface area (Å²) < 4.78 is 25.2. The smallest absolute Gasteiger partial charge is 0.414 e. The Morgan fingerprint density at radius 2 is 2.06 bits per heavy atom. The highest BCUT2D eigenvalue weighted by molar-refractivity contribution is 5.90. The summed E-state index contributed by atoms with van der Waals surface area (Å²) in [6.45, 7) is 3.99. The van der Waals surface area contributed by atoms with Gasteiger partial charge < -0.3 is 19.7 Å². The van der Waals surface area contributed by atoms with Gasteiger partial charge >= 0.3 is 12.1 Å². The van der Waals surface area contributed by atoms with Crippen LogP contribution in [0.25, 0.3) is 0 Å². The molecule has 2 aliphatic heterocycles. The third-order valence-corrected chi connectivity index (χ3v) is 6.12. The van der Waals surface area contributed by atoms with E-state index >= 15 is 4.39 Å². The number of rotatable bonds is 7. The zero-order chi connectivity index (χ0) is 24.9. The van der Waals surface area contributed by atoms with Crippen LogP contribution in [0.3, 0.4) is 0 Å². The lowest BCUT2D eigenvalue weighted by molar-refractivity contribution is -0.149. The highest BCUT2D eigenvalue weighted by Gasteiger charge is 2.47. The van der Waals surface area contributed by atoms with E-state index in [9.17, 15) is 24.9 Å². The third-order valence-electron chi connectivity index (χ3n) is 6.12. The molecule has 0 aliphatic carbocycles. The first-order chi connectivity index (χ1) is 16.2. The van der Waals surface area contributed by atoms with Gasteiger partial charge in [-0.2, -0.15) is 10.5 Å². The van der Waals surface area contributed by atoms with E-state index in [0.29, 0.717) is 11.4 Å². The highest BCUT2D eigenvalue weighted by atomic mass is 19.1. The molecule has 180 valence electrons. The Morgan fingerprint density at radius 1 is 1.35 bits per heavy atom. The third kappa shape index (κ3) is 5.04. The van der Waals surface area contributed by atoms with E-state index in [4.69, 9.17) is 9.47 Å². The second-order valence-corrected chi connectivity index (χ2v) is 8.26. The van der Waals surface area contributed by atoms with Crippen molar-refractivity contribution in [3.05, 3.63) is 24.0 Å². The minimum Gasteiger partial charge on any atom is -0.465 e. The average Bonchev–Trinajstić information content (AvgIpc) is 3.19. The summed E-state index contributed by atoms with van der Waals surface area (Å²) in [4.78, 5) is 38.5. The van der Waals surface area contributed by atoms with E-state index in [0.717, 1.165) is 0 Å². The van der Waals surface area contributed by atoms with Crippen molar-refractivity contribution in [2.45, 2.75) is 32.8 Å². The number of amides is 2. The molecule has 2 amide bonds. The molecule has 0 saturated carbocycles. The SMILES string of the molecule is CCOC(=O)C(C#N)C1(C#N)CCN(c2ccc(N3C[C@H](CNC(C)=O)OC3=O)cc2F)CC1. The average molecular weight is 471 g/mol. The topological polar surface area (TPSA) is 136 Å². The molecule has 2 heterocycles. The Morgan fingerprint density at radius 3 is 2.62 bits per heavy atom. The van der Waals surface area contributed by atoms with E-state index < -0.39 is 35.3 Å². The molecule has 2 saturated heterocycles. The summed E-state index contributed by atoms with van der Waals surface area (Å²) in [7, 11) is 0. The summed E-state index contributed by atoms with van der Waals surface area (Å²) in [5.41, 5.74) is -0.579. The van der Waals surface area contributed by atoms with Crippen molar-refractivity contribution in [3.63, 3.8) is 0 Å². The Labute approximate surface area is 196 Å². The van der Waals surface area contributed by atoms with Crippen LogP contribution in [-0.4, -0.2) is 56.9 Å². The van der Waals surface area contributed by atoms with E-state index in [2.05, 4.69) is 11.4 Å². The predicted molar refractivity (Wildman–Crippen MR) is 118 cm³/mol. The predicted octanol–water partition coefficient (Wildman–Crippen LogP) is 2.10. The lowest BCUT2D eigenvalue weighted by Gasteiger charge is -2.39. The molecular weight excluding hydrogens is 445 g/mol. The van der Waals surface area contributed by atoms with Crippen molar-refractivity contribution in [3.8, 4) is 12.1 Å². The number of piperidine rings is 1. The number of esters is 1. The zero-order valence-electron chi connectivity index (χ0n) is 19.0. The Kier molecular flexibility index (Phi) is 7.57. The number of nitrogens with zero attached hydrogens (tertiary/aromatic N) is 4. The Bertz CT molecular complexity index is 1040. The molecule has 0 spiro atoms. The molecule has 11 heteroatoms. The molecule has 1 unspecified atom stereocenters. The number of halogens is 1. The number of carbonyl (C=O) groups is 3. The van der Waals surface area contributed by atoms with Crippen molar-refractivity contribution < 1.29 is 28.2 Å². The number of cyclic esters (lactones) is 1. The number of hydrogen-bond acceptors (Lipinski definition) is 8. The number of benzene rings is 1. The van der Waals surface area contributed by atoms with Crippen molar-refractivity contribution in [2.75, 3.05) is 42.6 Å². The maximum atomic E-state index is 15.0. The number of ether oxygens (including phenoxy) is 2. The molecule has 1 aromatic carbocycles. The highest BCUT2D eigenvalue weighted by Crippen LogP contribution is 2.41. The van der Waals surface area contributed by atoms with Gasteiger partial charge in [-0.3, -0.25) is 14.5 Å². The molecule has 2 atom stereocenters. The summed E-state index contributed by atoms with van der Waals surface area (Å²) in [6.07, 6.45) is -0.760. The van der Waals surface area contributed by atoms with Crippen molar-refractivity contribution in [1.82, 2.24) is 5.32 Å². The monoisotopic (exact) mass is 471 g/mol. The van der Waals surface area contributed by atoms with Gasteiger partial charge in [0.1, 0.15) is 11.9 Å². The molecule has 0 aromatic heterocycles. The fourth-order valence-electron chi connectivity index (χ4n) is 4.26. The number of nitriles is 2. The normalized spacial score (nSPS) is 20.0. The van der Waals surface area contributed by atoms with Gasteiger partial charge in [-0.05, 0) is 38.0 Å². The molecule has 1 aromatic rings. The van der Waals surface area contributed by atoms with E-state index in [1.807, 2.05) is 6.07 Å². The summed E-state index contributed by atoms with van der Waals surface area (Å²) in [5, 5.41) is 21.9. The second-order valence-electron chi connectivity index (χ2n) is 8.26. The van der Waals surface area contributed by atoms with Gasteiger partial charge in [-0.1, -0.05) is 0 Å². The largest absolute Gasteiger partial charge is 0.465 e. The zero-order valence-corrected chi connectivity index (χ0v) is 19.0. The van der Waals surface area contributed by atoms with Gasteiger partial charge in [0.05, 0.1) is 48.6 Å². The minimum absolute atomic E-state index is 0.112. The first-order valence-electron chi connectivity index (χ1n) is 11.0. The lowest BCUT2D eigenvalue weighted by atomic mass is 9.70. The van der Waals surface area contributed by atoms with Crippen LogP contribution in [0.1, 0.15) is 26.7 Å². The van der Waals surface area contributed by atoms with Crippen LogP contribution in [0.15, 0.2) is 18.2 Å². The van der Waals surface area contributed by atoms with Gasteiger partial charge in [0.25, 0.3) is 0 Å². The standard InChI is InChI=1S/C23H26FN5O5/c1-3-33-21(31)18(11-25)23(14-26)6-8-28(9-7-23)20-5-4-16(10-19(20)24)29-13-17(34-22(29)32)12-27-15(2)30/h4-5,10,17-18H,3,6-9,12-13H2,1-2H3,(H,27,30)/t17-,18?/m0/s1. The van der Waals surface area contributed by atoms with Crippen molar-refractivity contribution in [2.24, 2.45) is 11.3 Å². The van der Waals surface area contributed by atoms with E-state index in [-0.39, 0.29) is 51.5 Å². The number of anilines is 2. The van der Waals surface area contributed by atoms with Crippen molar-refractivity contribution in [1.29, 1.82) is 10.5 Å². The number of nitrogens with one attached hydrogen (secondary N) is 1. The second kappa shape index (κ2) is 10.4. The summed E-state index contributed by atoms with van der Waals surface area (Å²) >= 11 is 0. The molecule has 1 N–H and O–H groups in total. The molecule has 10 nitrogen and oxygen atoms in total. The number of hydrogen-bond donors (Lipinski definition) is 1. The molecule has 0 radical (unpaired) electrons. The van der Waals surface area contributed by atoms with Crippen LogP contribution in [0.4, 0.5) is 20.6 Å². The van der Waals surface area contributed by atoms with Crippen LogP contribution >= 0.6 is 0 Å². The molecule has 3 rings (SSSR count). The van der Waals surface area contributed by atoms with Gasteiger partial charge in [0, 0.05) is 20.0 Å². The fourth-order valence-corrected chi connectivity index (χ4v) is 4.26.